The molecule has 29 heavy (non-hydrogen) atoms. The van der Waals surface area contributed by atoms with Gasteiger partial charge < -0.3 is 15.4 Å². The maximum absolute atomic E-state index is 13.1. The van der Waals surface area contributed by atoms with Crippen molar-refractivity contribution < 1.29 is 14.3 Å². The molecular formula is C21H25ClN4O3. The molecule has 1 unspecified atom stereocenters. The van der Waals surface area contributed by atoms with Crippen molar-refractivity contribution in [3.05, 3.63) is 53.3 Å². The number of benzene rings is 1. The summed E-state index contributed by atoms with van der Waals surface area (Å²) in [5.74, 6) is -0.443. The van der Waals surface area contributed by atoms with Crippen molar-refractivity contribution >= 4 is 34.8 Å². The second-order valence-electron chi connectivity index (χ2n) is 7.17. The Morgan fingerprint density at radius 2 is 1.90 bits per heavy atom. The number of hydrogen-bond acceptors (Lipinski definition) is 5. The number of amides is 2. The molecule has 1 fully saturated rings. The average molecular weight is 417 g/mol. The first-order chi connectivity index (χ1) is 14.0. The topological polar surface area (TPSA) is 83.6 Å². The number of carbonyl (C=O) groups is 2. The maximum Gasteiger partial charge on any atom is 0.246 e. The average Bonchev–Trinajstić information content (AvgIpc) is 2.71. The van der Waals surface area contributed by atoms with Crippen LogP contribution in [0.2, 0.25) is 5.02 Å². The molecule has 1 aromatic carbocycles. The van der Waals surface area contributed by atoms with Gasteiger partial charge in [-0.05, 0) is 29.8 Å². The number of anilines is 2. The van der Waals surface area contributed by atoms with Crippen LogP contribution in [-0.4, -0.2) is 48.0 Å². The molecule has 2 heterocycles. The van der Waals surface area contributed by atoms with Crippen LogP contribution >= 0.6 is 11.6 Å². The SMILES string of the molecule is CC(C)C(=O)Nc1ccc(NC(=O)C(c2cccnc2)N2CCOCC2)cc1Cl. The van der Waals surface area contributed by atoms with Crippen molar-refractivity contribution in [2.24, 2.45) is 5.92 Å². The first kappa shape index (κ1) is 21.2. The quantitative estimate of drug-likeness (QED) is 0.754. The Bertz CT molecular complexity index is 854. The van der Waals surface area contributed by atoms with Gasteiger partial charge in [-0.25, -0.2) is 0 Å². The molecule has 1 aromatic heterocycles. The molecule has 0 aliphatic carbocycles. The van der Waals surface area contributed by atoms with Crippen molar-refractivity contribution in [2.45, 2.75) is 19.9 Å². The number of ether oxygens (including phenoxy) is 1. The Labute approximate surface area is 175 Å². The van der Waals surface area contributed by atoms with Crippen LogP contribution in [0.15, 0.2) is 42.7 Å². The van der Waals surface area contributed by atoms with Gasteiger partial charge in [0.2, 0.25) is 11.8 Å². The van der Waals surface area contributed by atoms with Crippen molar-refractivity contribution in [2.75, 3.05) is 36.9 Å². The molecule has 7 nitrogen and oxygen atoms in total. The number of nitrogens with one attached hydrogen (secondary N) is 2. The van der Waals surface area contributed by atoms with E-state index in [4.69, 9.17) is 16.3 Å². The fourth-order valence-corrected chi connectivity index (χ4v) is 3.31. The van der Waals surface area contributed by atoms with Gasteiger partial charge in [0.05, 0.1) is 23.9 Å². The lowest BCUT2D eigenvalue weighted by Crippen LogP contribution is -2.43. The molecule has 2 N–H and O–H groups in total. The van der Waals surface area contributed by atoms with Crippen molar-refractivity contribution in [1.29, 1.82) is 0 Å². The van der Waals surface area contributed by atoms with Gasteiger partial charge in [0.1, 0.15) is 6.04 Å². The predicted octanol–water partition coefficient (Wildman–Crippen LogP) is 3.34. The van der Waals surface area contributed by atoms with Crippen LogP contribution in [0.1, 0.15) is 25.5 Å². The maximum atomic E-state index is 13.1. The Hall–Kier alpha value is -2.48. The van der Waals surface area contributed by atoms with Gasteiger partial charge in [-0.1, -0.05) is 31.5 Å². The van der Waals surface area contributed by atoms with E-state index in [1.165, 1.54) is 0 Å². The normalized spacial score (nSPS) is 15.7. The van der Waals surface area contributed by atoms with Crippen molar-refractivity contribution in [1.82, 2.24) is 9.88 Å². The molecule has 8 heteroatoms. The lowest BCUT2D eigenvalue weighted by atomic mass is 10.1. The number of rotatable bonds is 6. The summed E-state index contributed by atoms with van der Waals surface area (Å²) < 4.78 is 5.42. The summed E-state index contributed by atoms with van der Waals surface area (Å²) >= 11 is 6.30. The number of pyridine rings is 1. The zero-order chi connectivity index (χ0) is 20.8. The third-order valence-corrected chi connectivity index (χ3v) is 4.99. The van der Waals surface area contributed by atoms with Crippen LogP contribution in [0.25, 0.3) is 0 Å². The Kier molecular flexibility index (Phi) is 7.19. The number of aromatic nitrogens is 1. The summed E-state index contributed by atoms with van der Waals surface area (Å²) in [7, 11) is 0. The number of hydrogen-bond donors (Lipinski definition) is 2. The lowest BCUT2D eigenvalue weighted by Gasteiger charge is -2.33. The highest BCUT2D eigenvalue weighted by Crippen LogP contribution is 2.28. The van der Waals surface area contributed by atoms with E-state index in [2.05, 4.69) is 20.5 Å². The molecule has 2 amide bonds. The lowest BCUT2D eigenvalue weighted by molar-refractivity contribution is -0.123. The minimum atomic E-state index is -0.480. The Morgan fingerprint density at radius 3 is 2.52 bits per heavy atom. The van der Waals surface area contributed by atoms with E-state index in [1.54, 1.807) is 30.6 Å². The van der Waals surface area contributed by atoms with E-state index in [0.717, 1.165) is 5.56 Å². The third-order valence-electron chi connectivity index (χ3n) is 4.68. The molecule has 1 saturated heterocycles. The third kappa shape index (κ3) is 5.53. The first-order valence-corrected chi connectivity index (χ1v) is 9.96. The largest absolute Gasteiger partial charge is 0.379 e. The van der Waals surface area contributed by atoms with Crippen molar-refractivity contribution in [3.63, 3.8) is 0 Å². The fourth-order valence-electron chi connectivity index (χ4n) is 3.08. The summed E-state index contributed by atoms with van der Waals surface area (Å²) in [6.07, 6.45) is 3.39. The van der Waals surface area contributed by atoms with Crippen LogP contribution in [0.5, 0.6) is 0 Å². The minimum Gasteiger partial charge on any atom is -0.379 e. The van der Waals surface area contributed by atoms with E-state index in [-0.39, 0.29) is 17.7 Å². The molecule has 0 bridgehead atoms. The van der Waals surface area contributed by atoms with E-state index in [1.807, 2.05) is 26.0 Å². The molecule has 154 valence electrons. The fraction of sp³-hybridized carbons (Fsp3) is 0.381. The molecule has 0 spiro atoms. The van der Waals surface area contributed by atoms with Gasteiger partial charge >= 0.3 is 0 Å². The smallest absolute Gasteiger partial charge is 0.246 e. The highest BCUT2D eigenvalue weighted by atomic mass is 35.5. The Balaban J connectivity index is 1.77. The molecule has 2 aromatic rings. The summed E-state index contributed by atoms with van der Waals surface area (Å²) in [5, 5.41) is 6.07. The van der Waals surface area contributed by atoms with Gasteiger partial charge in [-0.3, -0.25) is 19.5 Å². The van der Waals surface area contributed by atoms with Gasteiger partial charge in [0.25, 0.3) is 0 Å². The number of nitrogens with zero attached hydrogens (tertiary/aromatic N) is 2. The minimum absolute atomic E-state index is 0.118. The molecule has 3 rings (SSSR count). The highest BCUT2D eigenvalue weighted by molar-refractivity contribution is 6.34. The van der Waals surface area contributed by atoms with Gasteiger partial charge in [-0.2, -0.15) is 0 Å². The van der Waals surface area contributed by atoms with Gasteiger partial charge in [0.15, 0.2) is 0 Å². The zero-order valence-electron chi connectivity index (χ0n) is 16.5. The summed E-state index contributed by atoms with van der Waals surface area (Å²) in [6, 6.07) is 8.27. The van der Waals surface area contributed by atoms with Crippen LogP contribution in [-0.2, 0) is 14.3 Å². The van der Waals surface area contributed by atoms with Gasteiger partial charge in [0, 0.05) is 37.1 Å². The monoisotopic (exact) mass is 416 g/mol. The second-order valence-corrected chi connectivity index (χ2v) is 7.57. The van der Waals surface area contributed by atoms with Crippen LogP contribution in [0.4, 0.5) is 11.4 Å². The predicted molar refractivity (Wildman–Crippen MR) is 113 cm³/mol. The Morgan fingerprint density at radius 1 is 1.14 bits per heavy atom. The number of morpholine rings is 1. The number of carbonyl (C=O) groups excluding carboxylic acids is 2. The van der Waals surface area contributed by atoms with Crippen LogP contribution in [0.3, 0.4) is 0 Å². The van der Waals surface area contributed by atoms with E-state index < -0.39 is 6.04 Å². The van der Waals surface area contributed by atoms with Gasteiger partial charge in [-0.15, -0.1) is 0 Å². The highest BCUT2D eigenvalue weighted by Gasteiger charge is 2.29. The standard InChI is InChI=1S/C21H25ClN4O3/c1-14(2)20(27)25-18-6-5-16(12-17(18)22)24-21(28)19(15-4-3-7-23-13-15)26-8-10-29-11-9-26/h3-7,12-14,19H,8-11H2,1-2H3,(H,24,28)(H,25,27). The molecule has 0 radical (unpaired) electrons. The second kappa shape index (κ2) is 9.82. The molecular weight excluding hydrogens is 392 g/mol. The first-order valence-electron chi connectivity index (χ1n) is 9.58. The molecule has 1 aliphatic heterocycles. The molecule has 1 atom stereocenters. The van der Waals surface area contributed by atoms with E-state index in [0.29, 0.717) is 42.7 Å². The molecule has 1 aliphatic rings. The van der Waals surface area contributed by atoms with E-state index in [9.17, 15) is 9.59 Å². The zero-order valence-corrected chi connectivity index (χ0v) is 17.3. The molecule has 0 saturated carbocycles. The number of halogens is 1. The van der Waals surface area contributed by atoms with Crippen LogP contribution in [0, 0.1) is 5.92 Å². The van der Waals surface area contributed by atoms with Crippen LogP contribution < -0.4 is 10.6 Å². The van der Waals surface area contributed by atoms with Crippen molar-refractivity contribution in [3.8, 4) is 0 Å². The summed E-state index contributed by atoms with van der Waals surface area (Å²) in [4.78, 5) is 31.3. The van der Waals surface area contributed by atoms with E-state index >= 15 is 0 Å². The summed E-state index contributed by atoms with van der Waals surface area (Å²) in [6.45, 7) is 6.10. The summed E-state index contributed by atoms with van der Waals surface area (Å²) in [5.41, 5.74) is 1.89.